The van der Waals surface area contributed by atoms with Crippen LogP contribution in [0.25, 0.3) is 6.08 Å². The number of rotatable bonds is 6. The van der Waals surface area contributed by atoms with Crippen molar-refractivity contribution in [2.24, 2.45) is 0 Å². The third-order valence-corrected chi connectivity index (χ3v) is 4.63. The minimum Gasteiger partial charge on any atom is -0.478 e. The summed E-state index contributed by atoms with van der Waals surface area (Å²) in [5.74, 6) is -3.01. The van der Waals surface area contributed by atoms with Gasteiger partial charge < -0.3 is 9.84 Å². The van der Waals surface area contributed by atoms with Crippen molar-refractivity contribution in [3.05, 3.63) is 59.2 Å². The highest BCUT2D eigenvalue weighted by Crippen LogP contribution is 2.29. The quantitative estimate of drug-likeness (QED) is 0.771. The van der Waals surface area contributed by atoms with Crippen LogP contribution in [0.4, 0.5) is 8.78 Å². The molecule has 2 aromatic rings. The zero-order valence-corrected chi connectivity index (χ0v) is 14.4. The summed E-state index contributed by atoms with van der Waals surface area (Å²) in [6.07, 6.45) is 1.16. The van der Waals surface area contributed by atoms with E-state index in [0.717, 1.165) is 18.2 Å². The van der Waals surface area contributed by atoms with E-state index in [1.807, 2.05) is 0 Å². The normalized spacial score (nSPS) is 12.7. The highest BCUT2D eigenvalue weighted by Gasteiger charge is 2.14. The second-order valence-electron chi connectivity index (χ2n) is 5.15. The van der Waals surface area contributed by atoms with Gasteiger partial charge >= 0.3 is 5.97 Å². The van der Waals surface area contributed by atoms with Gasteiger partial charge in [-0.2, -0.15) is 0 Å². The predicted octanol–water partition coefficient (Wildman–Crippen LogP) is 4.37. The summed E-state index contributed by atoms with van der Waals surface area (Å²) in [6, 6.07) is 8.07. The largest absolute Gasteiger partial charge is 0.478 e. The van der Waals surface area contributed by atoms with Crippen molar-refractivity contribution in [2.75, 3.05) is 5.75 Å². The Morgan fingerprint density at radius 2 is 1.76 bits per heavy atom. The van der Waals surface area contributed by atoms with Crippen molar-refractivity contribution < 1.29 is 27.6 Å². The molecule has 0 saturated heterocycles. The maximum Gasteiger partial charge on any atom is 0.331 e. The van der Waals surface area contributed by atoms with Crippen molar-refractivity contribution in [3.63, 3.8) is 0 Å². The number of hydrogen-bond acceptors (Lipinski definition) is 3. The molecular weight excluding hydrogens is 350 g/mol. The van der Waals surface area contributed by atoms with Gasteiger partial charge in [0.2, 0.25) is 0 Å². The Hall–Kier alpha value is -2.54. The summed E-state index contributed by atoms with van der Waals surface area (Å²) >= 11 is 0. The third-order valence-electron chi connectivity index (χ3n) is 3.31. The Balaban J connectivity index is 2.27. The number of hydrogen-bond donors (Lipinski definition) is 1. The van der Waals surface area contributed by atoms with E-state index in [4.69, 9.17) is 9.84 Å². The highest BCUT2D eigenvalue weighted by molar-refractivity contribution is 7.85. The number of halogens is 2. The lowest BCUT2D eigenvalue weighted by molar-refractivity contribution is -0.132. The van der Waals surface area contributed by atoms with E-state index in [2.05, 4.69) is 0 Å². The molecule has 0 fully saturated rings. The Kier molecular flexibility index (Phi) is 6.03. The molecule has 0 heterocycles. The first-order valence-corrected chi connectivity index (χ1v) is 8.70. The minimum atomic E-state index is -1.18. The third kappa shape index (κ3) is 4.73. The van der Waals surface area contributed by atoms with Crippen LogP contribution < -0.4 is 4.74 Å². The summed E-state index contributed by atoms with van der Waals surface area (Å²) in [7, 11) is -1.12. The van der Waals surface area contributed by atoms with Crippen molar-refractivity contribution in [3.8, 4) is 11.5 Å². The van der Waals surface area contributed by atoms with Gasteiger partial charge in [0, 0.05) is 16.2 Å². The van der Waals surface area contributed by atoms with Crippen LogP contribution in [0.3, 0.4) is 0 Å². The lowest BCUT2D eigenvalue weighted by Crippen LogP contribution is -1.98. The van der Waals surface area contributed by atoms with Crippen LogP contribution >= 0.6 is 0 Å². The molecule has 1 unspecified atom stereocenters. The van der Waals surface area contributed by atoms with Gasteiger partial charge in [-0.25, -0.2) is 13.6 Å². The first-order chi connectivity index (χ1) is 11.8. The van der Waals surface area contributed by atoms with Crippen LogP contribution in [0.2, 0.25) is 0 Å². The molecule has 0 aliphatic carbocycles. The molecule has 0 bridgehead atoms. The van der Waals surface area contributed by atoms with Crippen molar-refractivity contribution >= 4 is 22.8 Å². The van der Waals surface area contributed by atoms with Crippen molar-refractivity contribution in [1.29, 1.82) is 0 Å². The highest BCUT2D eigenvalue weighted by atomic mass is 32.2. The van der Waals surface area contributed by atoms with Crippen LogP contribution in [-0.4, -0.2) is 21.0 Å². The zero-order chi connectivity index (χ0) is 18.6. The molecule has 1 atom stereocenters. The van der Waals surface area contributed by atoms with Crippen LogP contribution in [0.15, 0.2) is 46.9 Å². The van der Waals surface area contributed by atoms with E-state index in [1.165, 1.54) is 19.1 Å². The van der Waals surface area contributed by atoms with E-state index < -0.39 is 34.2 Å². The first-order valence-electron chi connectivity index (χ1n) is 7.38. The van der Waals surface area contributed by atoms with Gasteiger partial charge in [-0.1, -0.05) is 6.92 Å². The Labute approximate surface area is 146 Å². The second-order valence-corrected chi connectivity index (χ2v) is 6.89. The van der Waals surface area contributed by atoms with Crippen LogP contribution in [0, 0.1) is 11.6 Å². The minimum absolute atomic E-state index is 0.0491. The Morgan fingerprint density at radius 1 is 1.20 bits per heavy atom. The van der Waals surface area contributed by atoms with E-state index in [1.54, 1.807) is 19.1 Å². The van der Waals surface area contributed by atoms with Crippen molar-refractivity contribution in [2.45, 2.75) is 18.7 Å². The van der Waals surface area contributed by atoms with Gasteiger partial charge in [0.15, 0.2) is 17.4 Å². The molecular formula is C18H16F2O4S. The summed E-state index contributed by atoms with van der Waals surface area (Å²) in [5, 5.41) is 8.81. The maximum atomic E-state index is 14.1. The van der Waals surface area contributed by atoms with E-state index in [0.29, 0.717) is 10.6 Å². The molecule has 0 amide bonds. The Morgan fingerprint density at radius 3 is 2.24 bits per heavy atom. The summed E-state index contributed by atoms with van der Waals surface area (Å²) < 4.78 is 45.1. The average Bonchev–Trinajstić information content (AvgIpc) is 2.58. The predicted molar refractivity (Wildman–Crippen MR) is 91.1 cm³/mol. The summed E-state index contributed by atoms with van der Waals surface area (Å²) in [4.78, 5) is 11.4. The van der Waals surface area contributed by atoms with Gasteiger partial charge in [0.1, 0.15) is 5.75 Å². The average molecular weight is 366 g/mol. The van der Waals surface area contributed by atoms with Gasteiger partial charge in [0.25, 0.3) is 0 Å². The molecule has 0 spiro atoms. The molecule has 25 heavy (non-hydrogen) atoms. The number of benzene rings is 2. The van der Waals surface area contributed by atoms with E-state index in [9.17, 15) is 17.8 Å². The molecule has 0 aliphatic heterocycles. The lowest BCUT2D eigenvalue weighted by atomic mass is 10.1. The monoisotopic (exact) mass is 366 g/mol. The number of carboxylic acids is 1. The topological polar surface area (TPSA) is 63.6 Å². The number of carboxylic acid groups (broad SMARTS) is 1. The fraction of sp³-hybridized carbons (Fsp3) is 0.167. The molecule has 0 radical (unpaired) electrons. The summed E-state index contributed by atoms with van der Waals surface area (Å²) in [5.41, 5.74) is 0.0305. The van der Waals surface area contributed by atoms with Crippen LogP contribution in [0.5, 0.6) is 11.5 Å². The second kappa shape index (κ2) is 8.02. The molecule has 2 aromatic carbocycles. The molecule has 0 aromatic heterocycles. The fourth-order valence-corrected chi connectivity index (χ4v) is 2.79. The smallest absolute Gasteiger partial charge is 0.331 e. The summed E-state index contributed by atoms with van der Waals surface area (Å²) in [6.45, 7) is 3.11. The molecule has 4 nitrogen and oxygen atoms in total. The van der Waals surface area contributed by atoms with Gasteiger partial charge in [-0.15, -0.1) is 0 Å². The van der Waals surface area contributed by atoms with Crippen LogP contribution in [0.1, 0.15) is 19.4 Å². The van der Waals surface area contributed by atoms with Gasteiger partial charge in [-0.05, 0) is 55.0 Å². The molecule has 1 N–H and O–H groups in total. The van der Waals surface area contributed by atoms with Crippen LogP contribution in [-0.2, 0) is 15.6 Å². The molecule has 132 valence electrons. The number of ether oxygens (including phenoxy) is 1. The lowest BCUT2D eigenvalue weighted by Gasteiger charge is -2.09. The first kappa shape index (κ1) is 18.8. The molecule has 7 heteroatoms. The van der Waals surface area contributed by atoms with Gasteiger partial charge in [-0.3, -0.25) is 4.21 Å². The molecule has 0 saturated carbocycles. The van der Waals surface area contributed by atoms with E-state index in [-0.39, 0.29) is 16.9 Å². The fourth-order valence-electron chi connectivity index (χ4n) is 2.02. The standard InChI is InChI=1S/C18H16F2O4S/c1-3-25(23)14-6-4-13(5-7-14)24-17-15(19)9-12(10-16(17)20)8-11(2)18(21)22/h4-10H,3H2,1-2H3,(H,21,22)/b11-8+. The zero-order valence-electron chi connectivity index (χ0n) is 13.6. The SMILES string of the molecule is CCS(=O)c1ccc(Oc2c(F)cc(/C=C(\C)C(=O)O)cc2F)cc1. The molecule has 2 rings (SSSR count). The number of carbonyl (C=O) groups is 1. The number of aliphatic carboxylic acids is 1. The maximum absolute atomic E-state index is 14.1. The van der Waals surface area contributed by atoms with Gasteiger partial charge in [0.05, 0.1) is 10.8 Å². The Bertz CT molecular complexity index is 822. The molecule has 0 aliphatic rings. The van der Waals surface area contributed by atoms with Crippen molar-refractivity contribution in [1.82, 2.24) is 0 Å². The van der Waals surface area contributed by atoms with E-state index >= 15 is 0 Å².